The van der Waals surface area contributed by atoms with Gasteiger partial charge in [0.15, 0.2) is 6.61 Å². The third-order valence-electron chi connectivity index (χ3n) is 3.27. The minimum atomic E-state index is -3.64. The van der Waals surface area contributed by atoms with Gasteiger partial charge in [-0.25, -0.2) is 13.2 Å². The van der Waals surface area contributed by atoms with Gasteiger partial charge in [0.1, 0.15) is 5.84 Å². The Morgan fingerprint density at radius 3 is 2.74 bits per heavy atom. The molecule has 1 heterocycles. The molecule has 0 spiro atoms. The lowest BCUT2D eigenvalue weighted by Crippen LogP contribution is -2.41. The summed E-state index contributed by atoms with van der Waals surface area (Å²) in [6.45, 7) is 2.94. The van der Waals surface area contributed by atoms with Crippen LogP contribution in [0.5, 0.6) is 0 Å². The number of amides is 3. The highest BCUT2D eigenvalue weighted by Gasteiger charge is 2.29. The van der Waals surface area contributed by atoms with Crippen LogP contribution in [-0.4, -0.2) is 51.9 Å². The maximum Gasteiger partial charge on any atom is 0.321 e. The molecule has 0 unspecified atom stereocenters. The number of ether oxygens (including phenoxy) is 1. The molecule has 1 aromatic rings. The maximum atomic E-state index is 11.9. The van der Waals surface area contributed by atoms with Gasteiger partial charge < -0.3 is 10.1 Å². The fourth-order valence-electron chi connectivity index (χ4n) is 2.10. The first-order chi connectivity index (χ1) is 12.8. The van der Waals surface area contributed by atoms with Gasteiger partial charge in [-0.15, -0.1) is 6.58 Å². The number of sulfonamides is 1. The van der Waals surface area contributed by atoms with Crippen LogP contribution in [0, 0.1) is 0 Å². The quantitative estimate of drug-likeness (QED) is 0.427. The van der Waals surface area contributed by atoms with E-state index in [1.807, 2.05) is 5.32 Å². The summed E-state index contributed by atoms with van der Waals surface area (Å²) in [6, 6.07) is 5.61. The van der Waals surface area contributed by atoms with Crippen molar-refractivity contribution >= 4 is 33.8 Å². The topological polar surface area (TPSA) is 143 Å². The first kappa shape index (κ1) is 20.1. The molecule has 3 N–H and O–H groups in total. The van der Waals surface area contributed by atoms with Gasteiger partial charge in [0, 0.05) is 12.1 Å². The number of imide groups is 1. The zero-order valence-corrected chi connectivity index (χ0v) is 15.0. The van der Waals surface area contributed by atoms with Crippen LogP contribution in [0.2, 0.25) is 0 Å². The Hall–Kier alpha value is -3.21. The molecule has 3 amide bonds. The van der Waals surface area contributed by atoms with Crippen LogP contribution in [0.4, 0.5) is 4.79 Å². The highest BCUT2D eigenvalue weighted by atomic mass is 32.2. The molecule has 0 saturated carbocycles. The lowest BCUT2D eigenvalue weighted by atomic mass is 10.2. The summed E-state index contributed by atoms with van der Waals surface area (Å²) in [7, 11) is -3.64. The normalized spacial score (nSPS) is 15.3. The first-order valence-electron chi connectivity index (χ1n) is 7.84. The van der Waals surface area contributed by atoms with Crippen molar-refractivity contribution in [3.63, 3.8) is 0 Å². The van der Waals surface area contributed by atoms with Crippen LogP contribution in [0.15, 0.2) is 46.8 Å². The zero-order valence-electron chi connectivity index (χ0n) is 14.2. The van der Waals surface area contributed by atoms with Crippen LogP contribution in [0.25, 0.3) is 0 Å². The largest absolute Gasteiger partial charge is 0.456 e. The summed E-state index contributed by atoms with van der Waals surface area (Å²) >= 11 is 0. The molecule has 0 radical (unpaired) electrons. The van der Waals surface area contributed by atoms with E-state index in [-0.39, 0.29) is 30.2 Å². The number of aliphatic imine (C=N–C) groups is 1. The molecule has 0 aromatic heterocycles. The van der Waals surface area contributed by atoms with E-state index in [0.717, 1.165) is 0 Å². The fourth-order valence-corrected chi connectivity index (χ4v) is 3.35. The van der Waals surface area contributed by atoms with E-state index in [2.05, 4.69) is 21.6 Å². The van der Waals surface area contributed by atoms with E-state index in [4.69, 9.17) is 4.74 Å². The SMILES string of the molecule is C=CCNC(=O)NC(=O)COC(=O)CCN=C1NS(=O)(=O)c2ccccc21. The third kappa shape index (κ3) is 5.64. The molecule has 1 aromatic carbocycles. The lowest BCUT2D eigenvalue weighted by molar-refractivity contribution is -0.148. The van der Waals surface area contributed by atoms with E-state index in [9.17, 15) is 22.8 Å². The molecule has 0 saturated heterocycles. The van der Waals surface area contributed by atoms with Crippen LogP contribution in [0.1, 0.15) is 12.0 Å². The molecule has 27 heavy (non-hydrogen) atoms. The molecule has 10 nitrogen and oxygen atoms in total. The monoisotopic (exact) mass is 394 g/mol. The molecule has 11 heteroatoms. The van der Waals surface area contributed by atoms with Crippen molar-refractivity contribution in [2.24, 2.45) is 4.99 Å². The van der Waals surface area contributed by atoms with Crippen molar-refractivity contribution < 1.29 is 27.5 Å². The summed E-state index contributed by atoms with van der Waals surface area (Å²) in [5, 5.41) is 4.30. The van der Waals surface area contributed by atoms with Gasteiger partial charge in [-0.05, 0) is 12.1 Å². The second-order valence-corrected chi connectivity index (χ2v) is 6.94. The van der Waals surface area contributed by atoms with E-state index >= 15 is 0 Å². The average Bonchev–Trinajstić information content (AvgIpc) is 2.89. The Kier molecular flexibility index (Phi) is 6.66. The number of hydrogen-bond acceptors (Lipinski definition) is 7. The summed E-state index contributed by atoms with van der Waals surface area (Å²) in [5.74, 6) is -1.35. The van der Waals surface area contributed by atoms with Crippen LogP contribution in [-0.2, 0) is 24.3 Å². The molecule has 0 atom stereocenters. The molecule has 1 aliphatic rings. The van der Waals surface area contributed by atoms with Crippen molar-refractivity contribution in [3.05, 3.63) is 42.5 Å². The average molecular weight is 394 g/mol. The number of nitrogens with one attached hydrogen (secondary N) is 3. The van der Waals surface area contributed by atoms with Gasteiger partial charge in [-0.3, -0.25) is 24.6 Å². The zero-order chi connectivity index (χ0) is 19.9. The Morgan fingerprint density at radius 1 is 1.26 bits per heavy atom. The predicted octanol–water partition coefficient (Wildman–Crippen LogP) is -0.330. The summed E-state index contributed by atoms with van der Waals surface area (Å²) in [4.78, 5) is 38.5. The number of fused-ring (bicyclic) bond motifs is 1. The molecular weight excluding hydrogens is 376 g/mol. The second kappa shape index (κ2) is 8.94. The molecule has 0 bridgehead atoms. The number of rotatable bonds is 7. The van der Waals surface area contributed by atoms with Gasteiger partial charge in [0.25, 0.3) is 15.9 Å². The number of carbonyl (C=O) groups excluding carboxylic acids is 3. The number of hydrogen-bond donors (Lipinski definition) is 3. The number of urea groups is 1. The van der Waals surface area contributed by atoms with Crippen molar-refractivity contribution in [1.29, 1.82) is 0 Å². The summed E-state index contributed by atoms with van der Waals surface area (Å²) in [6.07, 6.45) is 1.28. The smallest absolute Gasteiger partial charge is 0.321 e. The standard InChI is InChI=1S/C16H18N4O6S/c1-2-8-18-16(23)19-13(21)10-26-14(22)7-9-17-15-11-5-3-4-6-12(11)27(24,25)20-15/h2-6H,1,7-10H2,(H,17,20)(H2,18,19,21,23). The van der Waals surface area contributed by atoms with E-state index in [1.54, 1.807) is 18.2 Å². The van der Waals surface area contributed by atoms with Gasteiger partial charge in [0.2, 0.25) is 0 Å². The minimum Gasteiger partial charge on any atom is -0.456 e. The number of esters is 1. The van der Waals surface area contributed by atoms with Gasteiger partial charge in [-0.1, -0.05) is 18.2 Å². The highest BCUT2D eigenvalue weighted by Crippen LogP contribution is 2.22. The van der Waals surface area contributed by atoms with E-state index in [0.29, 0.717) is 5.56 Å². The molecule has 0 fully saturated rings. The minimum absolute atomic E-state index is 0.0353. The Bertz CT molecular complexity index is 894. The number of amidine groups is 1. The Balaban J connectivity index is 1.78. The van der Waals surface area contributed by atoms with Crippen LogP contribution < -0.4 is 15.4 Å². The van der Waals surface area contributed by atoms with Crippen LogP contribution >= 0.6 is 0 Å². The number of carbonyl (C=O) groups is 3. The van der Waals surface area contributed by atoms with Gasteiger partial charge >= 0.3 is 12.0 Å². The number of nitrogens with zero attached hydrogens (tertiary/aromatic N) is 1. The van der Waals surface area contributed by atoms with Crippen molar-refractivity contribution in [1.82, 2.24) is 15.4 Å². The first-order valence-corrected chi connectivity index (χ1v) is 9.32. The predicted molar refractivity (Wildman–Crippen MR) is 95.5 cm³/mol. The Morgan fingerprint density at radius 2 is 2.00 bits per heavy atom. The van der Waals surface area contributed by atoms with Crippen molar-refractivity contribution in [2.75, 3.05) is 19.7 Å². The number of benzene rings is 1. The lowest BCUT2D eigenvalue weighted by Gasteiger charge is -2.06. The van der Waals surface area contributed by atoms with E-state index in [1.165, 1.54) is 12.1 Å². The van der Waals surface area contributed by atoms with Crippen molar-refractivity contribution in [2.45, 2.75) is 11.3 Å². The van der Waals surface area contributed by atoms with Crippen LogP contribution in [0.3, 0.4) is 0 Å². The maximum absolute atomic E-state index is 11.9. The van der Waals surface area contributed by atoms with Crippen molar-refractivity contribution in [3.8, 4) is 0 Å². The van der Waals surface area contributed by atoms with Gasteiger partial charge in [0.05, 0.1) is 17.9 Å². The fraction of sp³-hybridized carbons (Fsp3) is 0.250. The molecule has 144 valence electrons. The third-order valence-corrected chi connectivity index (χ3v) is 4.67. The molecule has 0 aliphatic carbocycles. The summed E-state index contributed by atoms with van der Waals surface area (Å²) in [5.41, 5.74) is 0.427. The summed E-state index contributed by atoms with van der Waals surface area (Å²) < 4.78 is 30.9. The molecule has 2 rings (SSSR count). The highest BCUT2D eigenvalue weighted by molar-refractivity contribution is 7.90. The van der Waals surface area contributed by atoms with E-state index < -0.39 is 34.5 Å². The second-order valence-electron chi connectivity index (χ2n) is 5.29. The molecular formula is C16H18N4O6S. The Labute approximate surface area is 155 Å². The molecule has 1 aliphatic heterocycles. The van der Waals surface area contributed by atoms with Gasteiger partial charge in [-0.2, -0.15) is 0 Å².